The number of amides is 1. The van der Waals surface area contributed by atoms with Crippen LogP contribution in [0.2, 0.25) is 10.0 Å². The second-order valence-electron chi connectivity index (χ2n) is 4.67. The minimum Gasteiger partial charge on any atom is -0.383 e. The van der Waals surface area contributed by atoms with Gasteiger partial charge in [-0.3, -0.25) is 4.79 Å². The average molecular weight is 341 g/mol. The number of hydrogen-bond acceptors (Lipinski definition) is 2. The highest BCUT2D eigenvalue weighted by Crippen LogP contribution is 2.25. The van der Waals surface area contributed by atoms with Gasteiger partial charge in [0, 0.05) is 30.1 Å². The van der Waals surface area contributed by atoms with Gasteiger partial charge in [-0.25, -0.2) is 4.39 Å². The van der Waals surface area contributed by atoms with E-state index in [1.165, 1.54) is 6.07 Å². The lowest BCUT2D eigenvalue weighted by atomic mass is 10.2. The first-order valence-corrected chi connectivity index (χ1v) is 7.51. The quantitative estimate of drug-likeness (QED) is 0.825. The Hall–Kier alpha value is -1.78. The maximum absolute atomic E-state index is 13.4. The van der Waals surface area contributed by atoms with Gasteiger partial charge >= 0.3 is 0 Å². The molecule has 0 heterocycles. The van der Waals surface area contributed by atoms with Crippen LogP contribution in [0.3, 0.4) is 0 Å². The van der Waals surface area contributed by atoms with Crippen molar-refractivity contribution in [2.24, 2.45) is 0 Å². The van der Waals surface area contributed by atoms with Crippen LogP contribution in [-0.4, -0.2) is 12.5 Å². The maximum atomic E-state index is 13.4. The molecule has 2 aromatic rings. The lowest BCUT2D eigenvalue weighted by Crippen LogP contribution is -2.25. The van der Waals surface area contributed by atoms with Crippen LogP contribution in [0.25, 0.3) is 0 Å². The van der Waals surface area contributed by atoms with Gasteiger partial charge in [-0.2, -0.15) is 0 Å². The molecule has 0 unspecified atom stereocenters. The van der Waals surface area contributed by atoms with E-state index in [0.29, 0.717) is 27.8 Å². The molecule has 6 heteroatoms. The highest BCUT2D eigenvalue weighted by atomic mass is 35.5. The lowest BCUT2D eigenvalue weighted by Gasteiger charge is -2.09. The van der Waals surface area contributed by atoms with E-state index in [4.69, 9.17) is 23.2 Å². The summed E-state index contributed by atoms with van der Waals surface area (Å²) in [5.41, 5.74) is 1.18. The van der Waals surface area contributed by atoms with Crippen LogP contribution in [-0.2, 0) is 11.3 Å². The summed E-state index contributed by atoms with van der Waals surface area (Å²) in [5.74, 6) is -0.491. The van der Waals surface area contributed by atoms with Crippen LogP contribution in [0.1, 0.15) is 12.0 Å². The molecule has 0 aliphatic carbocycles. The summed E-state index contributed by atoms with van der Waals surface area (Å²) in [7, 11) is 0. The molecule has 0 saturated heterocycles. The van der Waals surface area contributed by atoms with Gasteiger partial charge in [0.1, 0.15) is 5.82 Å². The zero-order valence-corrected chi connectivity index (χ0v) is 13.2. The summed E-state index contributed by atoms with van der Waals surface area (Å²) in [5, 5.41) is 6.79. The van der Waals surface area contributed by atoms with Crippen molar-refractivity contribution in [3.05, 3.63) is 63.9 Å². The number of carbonyl (C=O) groups is 1. The zero-order valence-electron chi connectivity index (χ0n) is 11.7. The van der Waals surface area contributed by atoms with Gasteiger partial charge in [0.25, 0.3) is 0 Å². The minimum atomic E-state index is -0.325. The molecule has 0 spiro atoms. The molecule has 0 radical (unpaired) electrons. The van der Waals surface area contributed by atoms with Crippen molar-refractivity contribution in [1.29, 1.82) is 0 Å². The Balaban J connectivity index is 1.75. The Morgan fingerprint density at radius 2 is 1.91 bits per heavy atom. The molecule has 0 aliphatic rings. The van der Waals surface area contributed by atoms with Crippen molar-refractivity contribution >= 4 is 34.8 Å². The normalized spacial score (nSPS) is 10.3. The zero-order chi connectivity index (χ0) is 15.9. The van der Waals surface area contributed by atoms with Crippen LogP contribution < -0.4 is 10.6 Å². The largest absolute Gasteiger partial charge is 0.383 e. The van der Waals surface area contributed by atoms with E-state index in [0.717, 1.165) is 0 Å². The summed E-state index contributed by atoms with van der Waals surface area (Å²) in [6.45, 7) is 0.595. The van der Waals surface area contributed by atoms with E-state index >= 15 is 0 Å². The molecule has 2 rings (SSSR count). The first-order chi connectivity index (χ1) is 10.6. The van der Waals surface area contributed by atoms with E-state index in [9.17, 15) is 9.18 Å². The standard InChI is InChI=1S/C16H15Cl2FN2O/c17-12-5-6-15(13(18)9-12)20-8-7-16(22)21-10-11-3-1-2-4-14(11)19/h1-6,9,20H,7-8,10H2,(H,21,22). The molecule has 2 N–H and O–H groups in total. The Kier molecular flexibility index (Phi) is 6.04. The van der Waals surface area contributed by atoms with Gasteiger partial charge in [0.2, 0.25) is 5.91 Å². The van der Waals surface area contributed by atoms with Gasteiger partial charge in [-0.1, -0.05) is 41.4 Å². The third-order valence-corrected chi connectivity index (χ3v) is 3.58. The summed E-state index contributed by atoms with van der Waals surface area (Å²) in [6, 6.07) is 11.4. The highest BCUT2D eigenvalue weighted by molar-refractivity contribution is 6.36. The highest BCUT2D eigenvalue weighted by Gasteiger charge is 2.05. The summed E-state index contributed by atoms with van der Waals surface area (Å²) >= 11 is 11.8. The van der Waals surface area contributed by atoms with E-state index in [1.54, 1.807) is 36.4 Å². The van der Waals surface area contributed by atoms with Crippen molar-refractivity contribution in [3.8, 4) is 0 Å². The van der Waals surface area contributed by atoms with E-state index < -0.39 is 0 Å². The SMILES string of the molecule is O=C(CCNc1ccc(Cl)cc1Cl)NCc1ccccc1F. The predicted octanol–water partition coefficient (Wildman–Crippen LogP) is 4.25. The molecule has 2 aromatic carbocycles. The molecular weight excluding hydrogens is 326 g/mol. The minimum absolute atomic E-state index is 0.166. The number of halogens is 3. The third-order valence-electron chi connectivity index (χ3n) is 3.03. The number of carbonyl (C=O) groups excluding carboxylic acids is 1. The van der Waals surface area contributed by atoms with Crippen LogP contribution in [0.5, 0.6) is 0 Å². The molecule has 22 heavy (non-hydrogen) atoms. The second-order valence-corrected chi connectivity index (χ2v) is 5.51. The summed E-state index contributed by atoms with van der Waals surface area (Å²) < 4.78 is 13.4. The van der Waals surface area contributed by atoms with Gasteiger partial charge in [0.05, 0.1) is 10.7 Å². The van der Waals surface area contributed by atoms with Crippen LogP contribution >= 0.6 is 23.2 Å². The average Bonchev–Trinajstić information content (AvgIpc) is 2.49. The van der Waals surface area contributed by atoms with Gasteiger partial charge < -0.3 is 10.6 Å². The Morgan fingerprint density at radius 1 is 1.14 bits per heavy atom. The number of hydrogen-bond donors (Lipinski definition) is 2. The monoisotopic (exact) mass is 340 g/mol. The molecule has 0 bridgehead atoms. The maximum Gasteiger partial charge on any atom is 0.222 e. The van der Waals surface area contributed by atoms with Crippen LogP contribution in [0.4, 0.5) is 10.1 Å². The van der Waals surface area contributed by atoms with Gasteiger partial charge in [-0.15, -0.1) is 0 Å². The van der Waals surface area contributed by atoms with E-state index in [1.807, 2.05) is 0 Å². The Labute approximate surface area is 138 Å². The number of rotatable bonds is 6. The number of anilines is 1. The molecule has 0 atom stereocenters. The second kappa shape index (κ2) is 8.01. The van der Waals surface area contributed by atoms with Crippen molar-refractivity contribution in [3.63, 3.8) is 0 Å². The van der Waals surface area contributed by atoms with Crippen molar-refractivity contribution < 1.29 is 9.18 Å². The molecular formula is C16H15Cl2FN2O. The molecule has 0 saturated carbocycles. The van der Waals surface area contributed by atoms with Crippen molar-refractivity contribution in [2.45, 2.75) is 13.0 Å². The molecule has 1 amide bonds. The molecule has 116 valence electrons. The fraction of sp³-hybridized carbons (Fsp3) is 0.188. The van der Waals surface area contributed by atoms with Gasteiger partial charge in [-0.05, 0) is 24.3 Å². The first-order valence-electron chi connectivity index (χ1n) is 6.75. The fourth-order valence-corrected chi connectivity index (χ4v) is 2.34. The van der Waals surface area contributed by atoms with Crippen LogP contribution in [0.15, 0.2) is 42.5 Å². The molecule has 0 aliphatic heterocycles. The number of benzene rings is 2. The first kappa shape index (κ1) is 16.6. The third kappa shape index (κ3) is 4.90. The van der Waals surface area contributed by atoms with Crippen molar-refractivity contribution in [2.75, 3.05) is 11.9 Å². The Bertz CT molecular complexity index is 664. The predicted molar refractivity (Wildman–Crippen MR) is 87.8 cm³/mol. The smallest absolute Gasteiger partial charge is 0.222 e. The molecule has 0 aromatic heterocycles. The molecule has 3 nitrogen and oxygen atoms in total. The van der Waals surface area contributed by atoms with Crippen molar-refractivity contribution in [1.82, 2.24) is 5.32 Å². The summed E-state index contributed by atoms with van der Waals surface area (Å²) in [6.07, 6.45) is 0.257. The summed E-state index contributed by atoms with van der Waals surface area (Å²) in [4.78, 5) is 11.7. The molecule has 0 fully saturated rings. The van der Waals surface area contributed by atoms with Crippen LogP contribution in [0, 0.1) is 5.82 Å². The van der Waals surface area contributed by atoms with E-state index in [2.05, 4.69) is 10.6 Å². The topological polar surface area (TPSA) is 41.1 Å². The van der Waals surface area contributed by atoms with E-state index in [-0.39, 0.29) is 24.7 Å². The Morgan fingerprint density at radius 3 is 2.64 bits per heavy atom. The van der Waals surface area contributed by atoms with Gasteiger partial charge in [0.15, 0.2) is 0 Å². The number of nitrogens with one attached hydrogen (secondary N) is 2. The fourth-order valence-electron chi connectivity index (χ4n) is 1.87. The lowest BCUT2D eigenvalue weighted by molar-refractivity contribution is -0.121.